The second-order valence-corrected chi connectivity index (χ2v) is 3.87. The van der Waals surface area contributed by atoms with E-state index in [9.17, 15) is 4.39 Å². The van der Waals surface area contributed by atoms with Gasteiger partial charge in [-0.25, -0.2) is 4.39 Å². The molecule has 0 aliphatic carbocycles. The number of hydrogen-bond donors (Lipinski definition) is 0. The molecule has 0 bridgehead atoms. The zero-order chi connectivity index (χ0) is 8.43. The summed E-state index contributed by atoms with van der Waals surface area (Å²) in [5.74, 6) is -0.486. The molecule has 1 aromatic carbocycles. The van der Waals surface area contributed by atoms with Gasteiger partial charge in [0.15, 0.2) is 0 Å². The van der Waals surface area contributed by atoms with E-state index in [1.165, 1.54) is 12.1 Å². The lowest BCUT2D eigenvalue weighted by atomic mass is 10.2. The molecule has 11 heavy (non-hydrogen) atoms. The van der Waals surface area contributed by atoms with Gasteiger partial charge >= 0.3 is 0 Å². The summed E-state index contributed by atoms with van der Waals surface area (Å²) in [4.78, 5) is 0. The van der Waals surface area contributed by atoms with Gasteiger partial charge in [-0.1, -0.05) is 0 Å². The third kappa shape index (κ3) is 1.91. The van der Waals surface area contributed by atoms with Gasteiger partial charge in [0.2, 0.25) is 0 Å². The van der Waals surface area contributed by atoms with Crippen LogP contribution in [0.1, 0.15) is 5.56 Å². The molecule has 0 aliphatic rings. The Labute approximate surface area is 85.5 Å². The average molecular weight is 326 g/mol. The number of hydrogen-bond acceptors (Lipinski definition) is 1. The molecule has 56 valence electrons. The van der Waals surface area contributed by atoms with Crippen molar-refractivity contribution in [3.05, 3.63) is 31.6 Å². The van der Waals surface area contributed by atoms with Crippen LogP contribution in [0.25, 0.3) is 0 Å². The topological polar surface area (TPSA) is 23.8 Å². The Morgan fingerprint density at radius 2 is 2.18 bits per heavy atom. The van der Waals surface area contributed by atoms with Gasteiger partial charge in [0.05, 0.1) is 5.56 Å². The van der Waals surface area contributed by atoms with Gasteiger partial charge in [0.1, 0.15) is 11.9 Å². The fourth-order valence-corrected chi connectivity index (χ4v) is 1.39. The van der Waals surface area contributed by atoms with Crippen LogP contribution in [-0.4, -0.2) is 0 Å². The first-order valence-corrected chi connectivity index (χ1v) is 4.57. The van der Waals surface area contributed by atoms with Crippen LogP contribution in [0.2, 0.25) is 0 Å². The summed E-state index contributed by atoms with van der Waals surface area (Å²) in [6, 6.07) is 4.55. The summed E-state index contributed by atoms with van der Waals surface area (Å²) in [6.07, 6.45) is 0. The Morgan fingerprint density at radius 1 is 1.55 bits per heavy atom. The molecule has 0 saturated carbocycles. The van der Waals surface area contributed by atoms with Crippen molar-refractivity contribution >= 4 is 38.5 Å². The molecule has 4 heteroatoms. The lowest BCUT2D eigenvalue weighted by Gasteiger charge is -1.96. The number of benzene rings is 1. The van der Waals surface area contributed by atoms with Crippen molar-refractivity contribution in [3.8, 4) is 6.07 Å². The number of halogens is 3. The van der Waals surface area contributed by atoms with Gasteiger partial charge in [-0.15, -0.1) is 0 Å². The van der Waals surface area contributed by atoms with Crippen molar-refractivity contribution in [2.75, 3.05) is 0 Å². The second kappa shape index (κ2) is 3.50. The van der Waals surface area contributed by atoms with Gasteiger partial charge in [0.25, 0.3) is 0 Å². The molecule has 0 unspecified atom stereocenters. The smallest absolute Gasteiger partial charge is 0.142 e. The highest BCUT2D eigenvalue weighted by molar-refractivity contribution is 14.1. The monoisotopic (exact) mass is 325 g/mol. The van der Waals surface area contributed by atoms with E-state index in [4.69, 9.17) is 5.26 Å². The van der Waals surface area contributed by atoms with Crippen LogP contribution in [-0.2, 0) is 0 Å². The van der Waals surface area contributed by atoms with E-state index in [-0.39, 0.29) is 5.56 Å². The third-order valence-corrected chi connectivity index (χ3v) is 3.42. The molecule has 0 amide bonds. The number of nitriles is 1. The van der Waals surface area contributed by atoms with E-state index in [0.29, 0.717) is 4.47 Å². The van der Waals surface area contributed by atoms with Crippen LogP contribution >= 0.6 is 38.5 Å². The first-order chi connectivity index (χ1) is 5.15. The van der Waals surface area contributed by atoms with Crippen molar-refractivity contribution in [2.45, 2.75) is 0 Å². The Morgan fingerprint density at radius 3 is 2.73 bits per heavy atom. The summed E-state index contributed by atoms with van der Waals surface area (Å²) >= 11 is 5.18. The minimum atomic E-state index is -0.486. The quantitative estimate of drug-likeness (QED) is 0.531. The van der Waals surface area contributed by atoms with E-state index in [1.807, 2.05) is 22.6 Å². The zero-order valence-corrected chi connectivity index (χ0v) is 8.98. The SMILES string of the molecule is N#Cc1cc(I)c(Br)cc1F. The standard InChI is InChI=1S/C7H2BrFIN/c8-5-2-6(9)4(3-11)1-7(5)10/h1-2H. The van der Waals surface area contributed by atoms with Crippen LogP contribution in [0.4, 0.5) is 4.39 Å². The summed E-state index contributed by atoms with van der Waals surface area (Å²) in [7, 11) is 0. The summed E-state index contributed by atoms with van der Waals surface area (Å²) in [5.41, 5.74) is 0.0811. The van der Waals surface area contributed by atoms with Gasteiger partial charge in [-0.2, -0.15) is 5.26 Å². The molecule has 0 spiro atoms. The maximum absolute atomic E-state index is 12.8. The first-order valence-electron chi connectivity index (χ1n) is 2.70. The predicted octanol–water partition coefficient (Wildman–Crippen LogP) is 3.06. The molecule has 0 heterocycles. The molecule has 0 fully saturated rings. The Kier molecular flexibility index (Phi) is 2.84. The molecule has 1 nitrogen and oxygen atoms in total. The molecule has 0 N–H and O–H groups in total. The normalized spacial score (nSPS) is 9.27. The van der Waals surface area contributed by atoms with Crippen molar-refractivity contribution in [1.82, 2.24) is 0 Å². The molecule has 0 aliphatic heterocycles. The van der Waals surface area contributed by atoms with E-state index in [1.54, 1.807) is 6.07 Å². The predicted molar refractivity (Wildman–Crippen MR) is 51.5 cm³/mol. The fourth-order valence-electron chi connectivity index (χ4n) is 0.608. The highest BCUT2D eigenvalue weighted by Crippen LogP contribution is 2.22. The summed E-state index contributed by atoms with van der Waals surface area (Å²) < 4.78 is 14.3. The third-order valence-electron chi connectivity index (χ3n) is 1.13. The van der Waals surface area contributed by atoms with E-state index < -0.39 is 5.82 Å². The Bertz CT molecular complexity index is 332. The minimum absolute atomic E-state index is 0.0811. The molecule has 0 saturated heterocycles. The second-order valence-electron chi connectivity index (χ2n) is 1.86. The van der Waals surface area contributed by atoms with Crippen LogP contribution in [0.15, 0.2) is 16.6 Å². The molecule has 0 atom stereocenters. The van der Waals surface area contributed by atoms with Gasteiger partial charge < -0.3 is 0 Å². The van der Waals surface area contributed by atoms with Crippen molar-refractivity contribution in [3.63, 3.8) is 0 Å². The van der Waals surface area contributed by atoms with Crippen LogP contribution in [0.3, 0.4) is 0 Å². The minimum Gasteiger partial charge on any atom is -0.206 e. The van der Waals surface area contributed by atoms with Crippen LogP contribution in [0.5, 0.6) is 0 Å². The average Bonchev–Trinajstić information content (AvgIpc) is 1.97. The van der Waals surface area contributed by atoms with E-state index in [2.05, 4.69) is 15.9 Å². The highest BCUT2D eigenvalue weighted by Gasteiger charge is 2.04. The van der Waals surface area contributed by atoms with Gasteiger partial charge in [0, 0.05) is 8.04 Å². The molecule has 0 radical (unpaired) electrons. The lowest BCUT2D eigenvalue weighted by Crippen LogP contribution is -1.85. The molecule has 1 rings (SSSR count). The Balaban J connectivity index is 3.35. The maximum atomic E-state index is 12.8. The van der Waals surface area contributed by atoms with Gasteiger partial charge in [-0.3, -0.25) is 0 Å². The summed E-state index contributed by atoms with van der Waals surface area (Å²) in [5, 5.41) is 8.43. The van der Waals surface area contributed by atoms with Crippen LogP contribution in [0, 0.1) is 20.7 Å². The Hall–Kier alpha value is -0.150. The van der Waals surface area contributed by atoms with Crippen molar-refractivity contribution in [2.24, 2.45) is 0 Å². The van der Waals surface area contributed by atoms with E-state index >= 15 is 0 Å². The number of nitrogens with zero attached hydrogens (tertiary/aromatic N) is 1. The first kappa shape index (κ1) is 8.94. The van der Waals surface area contributed by atoms with Gasteiger partial charge in [-0.05, 0) is 50.7 Å². The maximum Gasteiger partial charge on any atom is 0.142 e. The molecule has 0 aromatic heterocycles. The van der Waals surface area contributed by atoms with Crippen molar-refractivity contribution in [1.29, 1.82) is 5.26 Å². The van der Waals surface area contributed by atoms with Crippen molar-refractivity contribution < 1.29 is 4.39 Å². The zero-order valence-electron chi connectivity index (χ0n) is 5.24. The van der Waals surface area contributed by atoms with Crippen LogP contribution < -0.4 is 0 Å². The van der Waals surface area contributed by atoms with E-state index in [0.717, 1.165) is 3.57 Å². The highest BCUT2D eigenvalue weighted by atomic mass is 127. The fraction of sp³-hybridized carbons (Fsp3) is 0. The molecule has 1 aromatic rings. The largest absolute Gasteiger partial charge is 0.206 e. The summed E-state index contributed by atoms with van der Waals surface area (Å²) in [6.45, 7) is 0. The molecular formula is C7H2BrFIN. The molecular weight excluding hydrogens is 324 g/mol. The lowest BCUT2D eigenvalue weighted by molar-refractivity contribution is 0.622. The number of rotatable bonds is 0.